The highest BCUT2D eigenvalue weighted by Gasteiger charge is 2.08. The second kappa shape index (κ2) is 6.35. The van der Waals surface area contributed by atoms with Crippen molar-refractivity contribution in [2.75, 3.05) is 0 Å². The number of ether oxygens (including phenoxy) is 1. The molecule has 2 rings (SSSR count). The first kappa shape index (κ1) is 14.3. The average molecular weight is 281 g/mol. The van der Waals surface area contributed by atoms with Gasteiger partial charge in [-0.3, -0.25) is 4.79 Å². The Hall–Kier alpha value is -3.13. The van der Waals surface area contributed by atoms with Gasteiger partial charge in [-0.1, -0.05) is 12.1 Å². The Kier molecular flexibility index (Phi) is 4.32. The summed E-state index contributed by atoms with van der Waals surface area (Å²) < 4.78 is 5.11. The monoisotopic (exact) mass is 281 g/mol. The van der Waals surface area contributed by atoms with Crippen LogP contribution in [0.1, 0.15) is 21.5 Å². The zero-order chi connectivity index (χ0) is 15.2. The van der Waals surface area contributed by atoms with Gasteiger partial charge in [-0.05, 0) is 42.0 Å². The first-order chi connectivity index (χ1) is 10.1. The second-order valence-corrected chi connectivity index (χ2v) is 4.29. The van der Waals surface area contributed by atoms with E-state index >= 15 is 0 Å². The van der Waals surface area contributed by atoms with Crippen LogP contribution in [0.15, 0.2) is 48.5 Å². The van der Waals surface area contributed by atoms with Crippen LogP contribution in [0.4, 0.5) is 0 Å². The van der Waals surface area contributed by atoms with E-state index in [2.05, 4.69) is 0 Å². The summed E-state index contributed by atoms with van der Waals surface area (Å²) in [6.07, 6.45) is 0.0758. The van der Waals surface area contributed by atoms with Gasteiger partial charge in [0.2, 0.25) is 0 Å². The van der Waals surface area contributed by atoms with Crippen LogP contribution < -0.4 is 4.74 Å². The lowest BCUT2D eigenvalue weighted by atomic mass is 10.1. The molecule has 0 saturated heterocycles. The summed E-state index contributed by atoms with van der Waals surface area (Å²) in [5.41, 5.74) is 1.39. The van der Waals surface area contributed by atoms with Crippen molar-refractivity contribution >= 4 is 11.9 Å². The molecular weight excluding hydrogens is 270 g/mol. The van der Waals surface area contributed by atoms with Gasteiger partial charge in [-0.25, -0.2) is 4.79 Å². The van der Waals surface area contributed by atoms with E-state index in [9.17, 15) is 9.59 Å². The molecule has 0 fully saturated rings. The maximum Gasteiger partial charge on any atom is 0.335 e. The number of carbonyl (C=O) groups excluding carboxylic acids is 1. The first-order valence-corrected chi connectivity index (χ1v) is 6.11. The highest BCUT2D eigenvalue weighted by atomic mass is 16.5. The summed E-state index contributed by atoms with van der Waals surface area (Å²) in [6, 6.07) is 14.2. The fraction of sp³-hybridized carbons (Fsp3) is 0.0625. The molecule has 0 bridgehead atoms. The largest absolute Gasteiger partial charge is 0.478 e. The van der Waals surface area contributed by atoms with Crippen molar-refractivity contribution in [2.45, 2.75) is 6.42 Å². The van der Waals surface area contributed by atoms with Gasteiger partial charge in [0.1, 0.15) is 5.75 Å². The SMILES string of the molecule is N#Cc1ccc(CC(=O)Oc2ccc(C(=O)O)cc2)cc1. The summed E-state index contributed by atoms with van der Waals surface area (Å²) in [6.45, 7) is 0. The number of rotatable bonds is 4. The number of hydrogen-bond acceptors (Lipinski definition) is 4. The summed E-state index contributed by atoms with van der Waals surface area (Å²) in [4.78, 5) is 22.4. The van der Waals surface area contributed by atoms with Crippen molar-refractivity contribution in [3.8, 4) is 11.8 Å². The molecule has 21 heavy (non-hydrogen) atoms. The van der Waals surface area contributed by atoms with E-state index in [1.807, 2.05) is 6.07 Å². The molecule has 0 amide bonds. The minimum atomic E-state index is -1.04. The molecule has 0 spiro atoms. The van der Waals surface area contributed by atoms with Crippen molar-refractivity contribution in [1.29, 1.82) is 5.26 Å². The van der Waals surface area contributed by atoms with E-state index in [1.165, 1.54) is 24.3 Å². The molecule has 2 aromatic carbocycles. The van der Waals surface area contributed by atoms with Crippen molar-refractivity contribution in [3.63, 3.8) is 0 Å². The third-order valence-electron chi connectivity index (χ3n) is 2.76. The molecule has 1 N–H and O–H groups in total. The van der Waals surface area contributed by atoms with Crippen LogP contribution in [-0.4, -0.2) is 17.0 Å². The van der Waals surface area contributed by atoms with Crippen LogP contribution in [0.2, 0.25) is 0 Å². The van der Waals surface area contributed by atoms with Gasteiger partial charge < -0.3 is 9.84 Å². The predicted octanol–water partition coefficient (Wildman–Crippen LogP) is 2.40. The molecule has 5 nitrogen and oxygen atoms in total. The minimum Gasteiger partial charge on any atom is -0.478 e. The molecule has 0 radical (unpaired) electrons. The summed E-state index contributed by atoms with van der Waals surface area (Å²) in [7, 11) is 0. The number of nitrogens with zero attached hydrogens (tertiary/aromatic N) is 1. The number of hydrogen-bond donors (Lipinski definition) is 1. The molecule has 0 unspecified atom stereocenters. The lowest BCUT2D eigenvalue weighted by Gasteiger charge is -2.05. The fourth-order valence-electron chi connectivity index (χ4n) is 1.70. The summed E-state index contributed by atoms with van der Waals surface area (Å²) in [5.74, 6) is -1.20. The van der Waals surface area contributed by atoms with Crippen LogP contribution in [-0.2, 0) is 11.2 Å². The number of carbonyl (C=O) groups is 2. The number of nitriles is 1. The van der Waals surface area contributed by atoms with E-state index in [-0.39, 0.29) is 12.0 Å². The van der Waals surface area contributed by atoms with Gasteiger partial charge in [0.15, 0.2) is 0 Å². The summed E-state index contributed by atoms with van der Waals surface area (Å²) in [5, 5.41) is 17.4. The molecule has 104 valence electrons. The Morgan fingerprint density at radius 1 is 1.05 bits per heavy atom. The van der Waals surface area contributed by atoms with Crippen LogP contribution in [0.3, 0.4) is 0 Å². The summed E-state index contributed by atoms with van der Waals surface area (Å²) >= 11 is 0. The highest BCUT2D eigenvalue weighted by molar-refractivity contribution is 5.87. The smallest absolute Gasteiger partial charge is 0.335 e. The quantitative estimate of drug-likeness (QED) is 0.686. The van der Waals surface area contributed by atoms with Crippen LogP contribution in [0.25, 0.3) is 0 Å². The predicted molar refractivity (Wildman–Crippen MR) is 73.9 cm³/mol. The number of carboxylic acid groups (broad SMARTS) is 1. The zero-order valence-electron chi connectivity index (χ0n) is 10.9. The van der Waals surface area contributed by atoms with Gasteiger partial charge >= 0.3 is 11.9 Å². The van der Waals surface area contributed by atoms with Crippen molar-refractivity contribution in [1.82, 2.24) is 0 Å². The normalized spacial score (nSPS) is 9.67. The molecule has 0 aliphatic carbocycles. The molecule has 2 aromatic rings. The van der Waals surface area contributed by atoms with Crippen molar-refractivity contribution in [3.05, 3.63) is 65.2 Å². The van der Waals surface area contributed by atoms with E-state index < -0.39 is 11.9 Å². The number of aromatic carboxylic acids is 1. The lowest BCUT2D eigenvalue weighted by molar-refractivity contribution is -0.133. The Bertz CT molecular complexity index is 697. The first-order valence-electron chi connectivity index (χ1n) is 6.11. The number of carboxylic acids is 1. The Morgan fingerprint density at radius 2 is 1.67 bits per heavy atom. The minimum absolute atomic E-state index is 0.0758. The van der Waals surface area contributed by atoms with Gasteiger partial charge in [0, 0.05) is 0 Å². The Labute approximate surface area is 121 Å². The van der Waals surface area contributed by atoms with Crippen LogP contribution in [0.5, 0.6) is 5.75 Å². The van der Waals surface area contributed by atoms with E-state index in [0.717, 1.165) is 5.56 Å². The maximum absolute atomic E-state index is 11.8. The van der Waals surface area contributed by atoms with Crippen molar-refractivity contribution in [2.24, 2.45) is 0 Å². The maximum atomic E-state index is 11.8. The van der Waals surface area contributed by atoms with Gasteiger partial charge in [0.25, 0.3) is 0 Å². The topological polar surface area (TPSA) is 87.4 Å². The molecule has 0 aliphatic heterocycles. The van der Waals surface area contributed by atoms with Crippen LogP contribution in [0, 0.1) is 11.3 Å². The number of benzene rings is 2. The molecule has 0 aromatic heterocycles. The standard InChI is InChI=1S/C16H11NO4/c17-10-12-3-1-11(2-4-12)9-15(18)21-14-7-5-13(6-8-14)16(19)20/h1-8H,9H2,(H,19,20). The lowest BCUT2D eigenvalue weighted by Crippen LogP contribution is -2.11. The fourth-order valence-corrected chi connectivity index (χ4v) is 1.70. The van der Waals surface area contributed by atoms with Gasteiger partial charge in [-0.2, -0.15) is 5.26 Å². The third kappa shape index (κ3) is 3.91. The average Bonchev–Trinajstić information content (AvgIpc) is 2.48. The van der Waals surface area contributed by atoms with Crippen molar-refractivity contribution < 1.29 is 19.4 Å². The molecular formula is C16H11NO4. The molecule has 0 saturated carbocycles. The second-order valence-electron chi connectivity index (χ2n) is 4.29. The van der Waals surface area contributed by atoms with Gasteiger partial charge in [0.05, 0.1) is 23.6 Å². The number of esters is 1. The van der Waals surface area contributed by atoms with E-state index in [0.29, 0.717) is 11.3 Å². The van der Waals surface area contributed by atoms with E-state index in [4.69, 9.17) is 15.1 Å². The third-order valence-corrected chi connectivity index (χ3v) is 2.76. The van der Waals surface area contributed by atoms with E-state index in [1.54, 1.807) is 24.3 Å². The van der Waals surface area contributed by atoms with Crippen LogP contribution >= 0.6 is 0 Å². The Balaban J connectivity index is 1.97. The molecule has 0 aliphatic rings. The molecule has 0 atom stereocenters. The highest BCUT2D eigenvalue weighted by Crippen LogP contribution is 2.13. The zero-order valence-corrected chi connectivity index (χ0v) is 10.9. The van der Waals surface area contributed by atoms with Gasteiger partial charge in [-0.15, -0.1) is 0 Å². The molecule has 5 heteroatoms. The Morgan fingerprint density at radius 3 is 2.19 bits per heavy atom. The molecule has 0 heterocycles.